The number of aryl methyl sites for hydroxylation is 1. The van der Waals surface area contributed by atoms with E-state index in [0.29, 0.717) is 42.2 Å². The summed E-state index contributed by atoms with van der Waals surface area (Å²) in [7, 11) is 5.47. The van der Waals surface area contributed by atoms with Gasteiger partial charge in [0.15, 0.2) is 11.5 Å². The predicted molar refractivity (Wildman–Crippen MR) is 114 cm³/mol. The highest BCUT2D eigenvalue weighted by molar-refractivity contribution is 5.76. The molecule has 1 fully saturated rings. The van der Waals surface area contributed by atoms with Gasteiger partial charge in [-0.2, -0.15) is 0 Å². The zero-order chi connectivity index (χ0) is 20.5. The molecule has 0 spiro atoms. The second kappa shape index (κ2) is 11.3. The Kier molecular flexibility index (Phi) is 9.10. The lowest BCUT2D eigenvalue weighted by Gasteiger charge is -2.33. The molecule has 0 saturated heterocycles. The Labute approximate surface area is 170 Å². The Hall–Kier alpha value is -1.75. The van der Waals surface area contributed by atoms with Gasteiger partial charge in [0, 0.05) is 25.6 Å². The largest absolute Gasteiger partial charge is 0.493 e. The summed E-state index contributed by atoms with van der Waals surface area (Å²) in [6.45, 7) is 6.80. The highest BCUT2D eigenvalue weighted by Crippen LogP contribution is 2.28. The average molecular weight is 391 g/mol. The Morgan fingerprint density at radius 1 is 1.21 bits per heavy atom. The zero-order valence-electron chi connectivity index (χ0n) is 18.3. The van der Waals surface area contributed by atoms with Gasteiger partial charge in [-0.3, -0.25) is 4.79 Å². The first-order valence-corrected chi connectivity index (χ1v) is 10.6. The van der Waals surface area contributed by atoms with Gasteiger partial charge in [0.1, 0.15) is 0 Å². The standard InChI is InChI=1S/C23H38N2O3/c1-17(2)15-25(3)16-19-7-6-8-20(13-19)24-23(26)12-10-18-9-11-21(27-4)22(14-18)28-5/h9,11,14,17,19-20H,6-8,10,12-13,15-16H2,1-5H3,(H,24,26)/t19-,20+/m1/s1. The van der Waals surface area contributed by atoms with Crippen LogP contribution in [0.2, 0.25) is 0 Å². The average Bonchev–Trinajstić information content (AvgIpc) is 2.65. The molecule has 1 aromatic rings. The summed E-state index contributed by atoms with van der Waals surface area (Å²) in [5.74, 6) is 2.96. The van der Waals surface area contributed by atoms with Crippen LogP contribution in [0.4, 0.5) is 0 Å². The van der Waals surface area contributed by atoms with Crippen LogP contribution in [-0.2, 0) is 11.2 Å². The van der Waals surface area contributed by atoms with E-state index in [9.17, 15) is 4.79 Å². The van der Waals surface area contributed by atoms with Crippen molar-refractivity contribution in [1.82, 2.24) is 10.2 Å². The van der Waals surface area contributed by atoms with Gasteiger partial charge in [0.25, 0.3) is 0 Å². The second-order valence-corrected chi connectivity index (χ2v) is 8.60. The summed E-state index contributed by atoms with van der Waals surface area (Å²) in [6, 6.07) is 6.17. The number of hydrogen-bond donors (Lipinski definition) is 1. The Balaban J connectivity index is 1.78. The van der Waals surface area contributed by atoms with Crippen molar-refractivity contribution in [3.63, 3.8) is 0 Å². The van der Waals surface area contributed by atoms with Crippen LogP contribution >= 0.6 is 0 Å². The number of ether oxygens (including phenoxy) is 2. The van der Waals surface area contributed by atoms with Gasteiger partial charge in [0.05, 0.1) is 14.2 Å². The molecule has 0 aromatic heterocycles. The topological polar surface area (TPSA) is 50.8 Å². The molecule has 1 N–H and O–H groups in total. The van der Waals surface area contributed by atoms with E-state index in [2.05, 4.69) is 31.1 Å². The number of amides is 1. The molecule has 0 radical (unpaired) electrons. The molecular formula is C23H38N2O3. The van der Waals surface area contributed by atoms with Gasteiger partial charge in [0.2, 0.25) is 5.91 Å². The molecule has 0 heterocycles. The number of benzene rings is 1. The quantitative estimate of drug-likeness (QED) is 0.658. The number of carbonyl (C=O) groups is 1. The molecule has 0 unspecified atom stereocenters. The molecule has 158 valence electrons. The zero-order valence-corrected chi connectivity index (χ0v) is 18.3. The van der Waals surface area contributed by atoms with E-state index in [4.69, 9.17) is 9.47 Å². The summed E-state index contributed by atoms with van der Waals surface area (Å²) in [5, 5.41) is 3.27. The van der Waals surface area contributed by atoms with Crippen molar-refractivity contribution in [1.29, 1.82) is 0 Å². The Bertz CT molecular complexity index is 618. The fraction of sp³-hybridized carbons (Fsp3) is 0.696. The molecule has 1 saturated carbocycles. The number of nitrogens with one attached hydrogen (secondary N) is 1. The second-order valence-electron chi connectivity index (χ2n) is 8.60. The van der Waals surface area contributed by atoms with Crippen molar-refractivity contribution in [3.8, 4) is 11.5 Å². The van der Waals surface area contributed by atoms with Crippen molar-refractivity contribution in [3.05, 3.63) is 23.8 Å². The fourth-order valence-corrected chi connectivity index (χ4v) is 4.32. The van der Waals surface area contributed by atoms with Crippen LogP contribution in [0.25, 0.3) is 0 Å². The molecule has 28 heavy (non-hydrogen) atoms. The number of methoxy groups -OCH3 is 2. The van der Waals surface area contributed by atoms with Crippen LogP contribution in [-0.4, -0.2) is 51.2 Å². The number of carbonyl (C=O) groups excluding carboxylic acids is 1. The third kappa shape index (κ3) is 7.34. The molecule has 1 aliphatic carbocycles. The summed E-state index contributed by atoms with van der Waals surface area (Å²) in [6.07, 6.45) is 5.90. The molecule has 2 atom stereocenters. The van der Waals surface area contributed by atoms with Crippen LogP contribution in [0.1, 0.15) is 51.5 Å². The molecule has 1 aliphatic rings. The fourth-order valence-electron chi connectivity index (χ4n) is 4.32. The summed E-state index contributed by atoms with van der Waals surface area (Å²) in [5.41, 5.74) is 1.09. The van der Waals surface area contributed by atoms with E-state index in [1.165, 1.54) is 12.8 Å². The predicted octanol–water partition coefficient (Wildman–Crippen LogP) is 3.90. The lowest BCUT2D eigenvalue weighted by molar-refractivity contribution is -0.122. The Morgan fingerprint density at radius 2 is 1.96 bits per heavy atom. The van der Waals surface area contributed by atoms with Gasteiger partial charge in [-0.25, -0.2) is 0 Å². The van der Waals surface area contributed by atoms with Crippen molar-refractivity contribution >= 4 is 5.91 Å². The molecule has 2 rings (SSSR count). The van der Waals surface area contributed by atoms with E-state index in [1.54, 1.807) is 14.2 Å². The molecule has 5 heteroatoms. The normalized spacial score (nSPS) is 19.7. The number of nitrogens with zero attached hydrogens (tertiary/aromatic N) is 1. The van der Waals surface area contributed by atoms with Crippen LogP contribution in [0, 0.1) is 11.8 Å². The van der Waals surface area contributed by atoms with Crippen LogP contribution in [0.15, 0.2) is 18.2 Å². The van der Waals surface area contributed by atoms with Crippen LogP contribution in [0.5, 0.6) is 11.5 Å². The number of rotatable bonds is 10. The van der Waals surface area contributed by atoms with Gasteiger partial charge >= 0.3 is 0 Å². The monoisotopic (exact) mass is 390 g/mol. The summed E-state index contributed by atoms with van der Waals surface area (Å²) < 4.78 is 10.6. The van der Waals surface area contributed by atoms with E-state index in [1.807, 2.05) is 18.2 Å². The maximum absolute atomic E-state index is 12.5. The third-order valence-electron chi connectivity index (χ3n) is 5.48. The minimum Gasteiger partial charge on any atom is -0.493 e. The van der Waals surface area contributed by atoms with E-state index in [-0.39, 0.29) is 5.91 Å². The van der Waals surface area contributed by atoms with Gasteiger partial charge < -0.3 is 19.7 Å². The summed E-state index contributed by atoms with van der Waals surface area (Å²) in [4.78, 5) is 14.9. The first-order chi connectivity index (χ1) is 13.4. The van der Waals surface area contributed by atoms with Crippen molar-refractivity contribution in [2.75, 3.05) is 34.4 Å². The summed E-state index contributed by atoms with van der Waals surface area (Å²) >= 11 is 0. The van der Waals surface area contributed by atoms with Crippen molar-refractivity contribution in [2.24, 2.45) is 11.8 Å². The lowest BCUT2D eigenvalue weighted by Crippen LogP contribution is -2.41. The molecule has 1 aromatic carbocycles. The van der Waals surface area contributed by atoms with Crippen molar-refractivity contribution < 1.29 is 14.3 Å². The van der Waals surface area contributed by atoms with Crippen molar-refractivity contribution in [2.45, 2.75) is 58.4 Å². The minimum absolute atomic E-state index is 0.149. The van der Waals surface area contributed by atoms with E-state index >= 15 is 0 Å². The highest BCUT2D eigenvalue weighted by atomic mass is 16.5. The highest BCUT2D eigenvalue weighted by Gasteiger charge is 2.24. The van der Waals surface area contributed by atoms with E-state index < -0.39 is 0 Å². The maximum Gasteiger partial charge on any atom is 0.220 e. The smallest absolute Gasteiger partial charge is 0.220 e. The van der Waals surface area contributed by atoms with Crippen LogP contribution in [0.3, 0.4) is 0 Å². The molecule has 0 bridgehead atoms. The van der Waals surface area contributed by atoms with Gasteiger partial charge in [-0.05, 0) is 62.3 Å². The molecule has 1 amide bonds. The third-order valence-corrected chi connectivity index (χ3v) is 5.48. The SMILES string of the molecule is COc1ccc(CCC(=O)N[C@H]2CCC[C@@H](CN(C)CC(C)C)C2)cc1OC. The van der Waals surface area contributed by atoms with Gasteiger partial charge in [-0.1, -0.05) is 26.3 Å². The Morgan fingerprint density at radius 3 is 2.64 bits per heavy atom. The van der Waals surface area contributed by atoms with E-state index in [0.717, 1.165) is 31.5 Å². The van der Waals surface area contributed by atoms with Gasteiger partial charge in [-0.15, -0.1) is 0 Å². The van der Waals surface area contributed by atoms with Crippen LogP contribution < -0.4 is 14.8 Å². The first-order valence-electron chi connectivity index (χ1n) is 10.6. The number of hydrogen-bond acceptors (Lipinski definition) is 4. The first kappa shape index (κ1) is 22.5. The molecule has 5 nitrogen and oxygen atoms in total. The molecule has 0 aliphatic heterocycles. The lowest BCUT2D eigenvalue weighted by atomic mass is 9.85. The minimum atomic E-state index is 0.149. The molecular weight excluding hydrogens is 352 g/mol. The maximum atomic E-state index is 12.5.